The Morgan fingerprint density at radius 2 is 1.64 bits per heavy atom. The zero-order valence-electron chi connectivity index (χ0n) is 10.2. The molecule has 0 aliphatic carbocycles. The van der Waals surface area contributed by atoms with Crippen molar-refractivity contribution in [1.29, 1.82) is 0 Å². The molecule has 4 nitrogen and oxygen atoms in total. The van der Waals surface area contributed by atoms with Gasteiger partial charge in [-0.05, 0) is 32.9 Å². The van der Waals surface area contributed by atoms with E-state index < -0.39 is 10.2 Å². The summed E-state index contributed by atoms with van der Waals surface area (Å²) < 4.78 is 4.47. The molecule has 0 aliphatic heterocycles. The second kappa shape index (κ2) is 5.46. The van der Waals surface area contributed by atoms with Gasteiger partial charge in [-0.25, -0.2) is 4.40 Å². The van der Waals surface area contributed by atoms with Crippen molar-refractivity contribution in [3.63, 3.8) is 0 Å². The van der Waals surface area contributed by atoms with Gasteiger partial charge in [0.1, 0.15) is 0 Å². The van der Waals surface area contributed by atoms with E-state index in [-0.39, 0.29) is 0 Å². The first-order valence-corrected chi connectivity index (χ1v) is 7.43. The van der Waals surface area contributed by atoms with Gasteiger partial charge in [0.05, 0.1) is 0 Å². The molecule has 0 unspecified atom stereocenters. The van der Waals surface area contributed by atoms with Gasteiger partial charge in [0, 0.05) is 20.1 Å². The van der Waals surface area contributed by atoms with E-state index in [0.717, 1.165) is 13.1 Å². The molecule has 0 aromatic rings. The van der Waals surface area contributed by atoms with Crippen LogP contribution in [0, 0.1) is 0 Å². The van der Waals surface area contributed by atoms with Gasteiger partial charge >= 0.3 is 0 Å². The van der Waals surface area contributed by atoms with E-state index in [1.165, 1.54) is 0 Å². The number of guanidine groups is 1. The van der Waals surface area contributed by atoms with Crippen molar-refractivity contribution in [2.75, 3.05) is 53.0 Å². The Morgan fingerprint density at radius 3 is 2.00 bits per heavy atom. The molecule has 0 atom stereocenters. The van der Waals surface area contributed by atoms with E-state index in [2.05, 4.69) is 42.2 Å². The summed E-state index contributed by atoms with van der Waals surface area (Å²) in [4.78, 5) is 4.13. The van der Waals surface area contributed by atoms with Crippen LogP contribution in [-0.4, -0.2) is 68.8 Å². The minimum Gasteiger partial charge on any atom is -0.369 e. The summed E-state index contributed by atoms with van der Waals surface area (Å²) in [6.45, 7) is 1.91. The molecule has 2 N–H and O–H groups in total. The van der Waals surface area contributed by atoms with Crippen LogP contribution in [-0.2, 0) is 0 Å². The van der Waals surface area contributed by atoms with E-state index in [1.807, 2.05) is 11.9 Å². The second-order valence-corrected chi connectivity index (χ2v) is 8.17. The van der Waals surface area contributed by atoms with Crippen molar-refractivity contribution in [2.45, 2.75) is 0 Å². The third kappa shape index (κ3) is 7.03. The lowest BCUT2D eigenvalue weighted by Crippen LogP contribution is -2.38. The summed E-state index contributed by atoms with van der Waals surface area (Å²) in [5.41, 5.74) is 5.87. The summed E-state index contributed by atoms with van der Waals surface area (Å²) >= 11 is 0. The lowest BCUT2D eigenvalue weighted by molar-refractivity contribution is 0.356. The summed E-state index contributed by atoms with van der Waals surface area (Å²) in [7, 11) is 5.18. The van der Waals surface area contributed by atoms with Crippen LogP contribution in [0.4, 0.5) is 0 Å². The van der Waals surface area contributed by atoms with Gasteiger partial charge in [0.25, 0.3) is 0 Å². The summed E-state index contributed by atoms with van der Waals surface area (Å²) in [5.74, 6) is 0.648. The molecule has 0 radical (unpaired) electrons. The molecule has 5 heteroatoms. The predicted octanol–water partition coefficient (Wildman–Crippen LogP) is 0.404. The average molecular weight is 220 g/mol. The summed E-state index contributed by atoms with van der Waals surface area (Å²) in [6.07, 6.45) is 6.37. The predicted molar refractivity (Wildman–Crippen MR) is 68.2 cm³/mol. The van der Waals surface area contributed by atoms with E-state index >= 15 is 0 Å². The van der Waals surface area contributed by atoms with Crippen LogP contribution >= 0.6 is 10.2 Å². The van der Waals surface area contributed by atoms with E-state index in [0.29, 0.717) is 5.96 Å². The quantitative estimate of drug-likeness (QED) is 0.551. The largest absolute Gasteiger partial charge is 0.369 e. The molecule has 0 aliphatic rings. The van der Waals surface area contributed by atoms with Crippen LogP contribution in [0.1, 0.15) is 0 Å². The molecule has 14 heavy (non-hydrogen) atoms. The van der Waals surface area contributed by atoms with Crippen molar-refractivity contribution in [1.82, 2.24) is 9.80 Å². The molecule has 86 valence electrons. The Balaban J connectivity index is 4.12. The summed E-state index contributed by atoms with van der Waals surface area (Å²) in [6, 6.07) is 0. The fraction of sp³-hybridized carbons (Fsp3) is 0.889. The van der Waals surface area contributed by atoms with Crippen LogP contribution in [0.15, 0.2) is 4.40 Å². The Hall–Kier alpha value is -0.420. The van der Waals surface area contributed by atoms with Crippen molar-refractivity contribution in [2.24, 2.45) is 10.1 Å². The first-order valence-electron chi connectivity index (χ1n) is 4.62. The maximum absolute atomic E-state index is 5.87. The molecule has 0 bridgehead atoms. The van der Waals surface area contributed by atoms with Crippen LogP contribution in [0.5, 0.6) is 0 Å². The first-order chi connectivity index (χ1) is 6.22. The number of nitrogens with zero attached hydrogens (tertiary/aromatic N) is 3. The van der Waals surface area contributed by atoms with E-state index in [1.54, 1.807) is 0 Å². The fourth-order valence-electron chi connectivity index (χ4n) is 0.815. The molecule has 0 amide bonds. The van der Waals surface area contributed by atoms with Gasteiger partial charge in [0.15, 0.2) is 0 Å². The van der Waals surface area contributed by atoms with Crippen molar-refractivity contribution in [3.05, 3.63) is 0 Å². The van der Waals surface area contributed by atoms with Gasteiger partial charge in [-0.15, -0.1) is 0 Å². The molecule has 0 aromatic heterocycles. The van der Waals surface area contributed by atoms with Crippen LogP contribution in [0.25, 0.3) is 0 Å². The lowest BCUT2D eigenvalue weighted by Gasteiger charge is -2.25. The smallest absolute Gasteiger partial charge is 0.201 e. The SMILES string of the molecule is CN(C)CCN(C)C(N)=NS(C)(C)C. The molecule has 0 saturated carbocycles. The fourth-order valence-corrected chi connectivity index (χ4v) is 1.52. The Morgan fingerprint density at radius 1 is 1.14 bits per heavy atom. The Labute approximate surface area is 89.6 Å². The molecule has 0 spiro atoms. The van der Waals surface area contributed by atoms with Crippen molar-refractivity contribution < 1.29 is 0 Å². The molecular formula is C9H24N4S. The second-order valence-electron chi connectivity index (χ2n) is 4.45. The molecule has 0 heterocycles. The normalized spacial score (nSPS) is 14.6. The van der Waals surface area contributed by atoms with Gasteiger partial charge in [-0.2, -0.15) is 10.2 Å². The van der Waals surface area contributed by atoms with Gasteiger partial charge in [0.2, 0.25) is 5.96 Å². The third-order valence-corrected chi connectivity index (χ3v) is 2.38. The Bertz CT molecular complexity index is 195. The van der Waals surface area contributed by atoms with Gasteiger partial charge in [-0.3, -0.25) is 0 Å². The molecule has 0 saturated heterocycles. The van der Waals surface area contributed by atoms with Crippen LogP contribution < -0.4 is 5.73 Å². The number of hydrogen-bond acceptors (Lipinski definition) is 2. The van der Waals surface area contributed by atoms with Gasteiger partial charge in [-0.1, -0.05) is 0 Å². The molecular weight excluding hydrogens is 196 g/mol. The number of nitrogens with two attached hydrogens (primary N) is 1. The van der Waals surface area contributed by atoms with Crippen molar-refractivity contribution in [3.8, 4) is 0 Å². The van der Waals surface area contributed by atoms with Crippen LogP contribution in [0.2, 0.25) is 0 Å². The topological polar surface area (TPSA) is 44.9 Å². The van der Waals surface area contributed by atoms with Crippen molar-refractivity contribution >= 4 is 16.2 Å². The molecule has 0 rings (SSSR count). The first kappa shape index (κ1) is 13.6. The number of likely N-dealkylation sites (N-methyl/N-ethyl adjacent to an activating group) is 2. The van der Waals surface area contributed by atoms with Crippen LogP contribution in [0.3, 0.4) is 0 Å². The maximum Gasteiger partial charge on any atom is 0.201 e. The Kier molecular flexibility index (Phi) is 5.29. The highest BCUT2D eigenvalue weighted by Crippen LogP contribution is 2.35. The van der Waals surface area contributed by atoms with E-state index in [9.17, 15) is 0 Å². The zero-order valence-corrected chi connectivity index (χ0v) is 11.1. The van der Waals surface area contributed by atoms with E-state index in [4.69, 9.17) is 5.73 Å². The highest BCUT2D eigenvalue weighted by molar-refractivity contribution is 8.31. The summed E-state index contributed by atoms with van der Waals surface area (Å²) in [5, 5.41) is 0. The molecule has 0 aromatic carbocycles. The standard InChI is InChI=1S/C9H24N4S/c1-12(2)7-8-13(3)9(10)11-14(4,5)6/h7-8H2,1-6H3,(H2,10,11). The number of hydrogen-bond donors (Lipinski definition) is 1. The lowest BCUT2D eigenvalue weighted by atomic mass is 10.5. The van der Waals surface area contributed by atoms with Gasteiger partial charge < -0.3 is 15.5 Å². The third-order valence-electron chi connectivity index (χ3n) is 1.64. The maximum atomic E-state index is 5.87. The highest BCUT2D eigenvalue weighted by Gasteiger charge is 2.06. The number of rotatable bonds is 4. The molecule has 0 fully saturated rings. The minimum absolute atomic E-state index is 0.648. The highest BCUT2D eigenvalue weighted by atomic mass is 32.3. The minimum atomic E-state index is -0.899. The monoisotopic (exact) mass is 220 g/mol. The zero-order chi connectivity index (χ0) is 11.4. The average Bonchev–Trinajstić information content (AvgIpc) is 1.96.